The highest BCUT2D eigenvalue weighted by molar-refractivity contribution is 5.91. The number of amides is 1. The lowest BCUT2D eigenvalue weighted by Crippen LogP contribution is -2.18. The monoisotopic (exact) mass is 532 g/mol. The van der Waals surface area contributed by atoms with Crippen molar-refractivity contribution in [1.29, 1.82) is 0 Å². The second kappa shape index (κ2) is 12.5. The van der Waals surface area contributed by atoms with E-state index < -0.39 is 0 Å². The molecule has 206 valence electrons. The fourth-order valence-corrected chi connectivity index (χ4v) is 4.81. The SMILES string of the molecule is CCCc1[nH]c(=O)c(Cc2cc3cc(OCC)ccc3nc2NCCCC(N)=O)c2cc(OC)c(OC)cc12. The molecule has 0 saturated heterocycles. The number of aryl methyl sites for hydroxylation is 1. The van der Waals surface area contributed by atoms with Gasteiger partial charge in [0.1, 0.15) is 11.6 Å². The van der Waals surface area contributed by atoms with Gasteiger partial charge in [-0.3, -0.25) is 9.59 Å². The van der Waals surface area contributed by atoms with Crippen LogP contribution in [0, 0.1) is 0 Å². The molecule has 0 unspecified atom stereocenters. The zero-order chi connectivity index (χ0) is 27.9. The van der Waals surface area contributed by atoms with Crippen molar-refractivity contribution in [2.75, 3.05) is 32.7 Å². The first kappa shape index (κ1) is 27.8. The summed E-state index contributed by atoms with van der Waals surface area (Å²) in [6, 6.07) is 11.6. The van der Waals surface area contributed by atoms with Gasteiger partial charge in [-0.25, -0.2) is 4.98 Å². The third-order valence-corrected chi connectivity index (χ3v) is 6.65. The maximum atomic E-state index is 13.5. The Balaban J connectivity index is 1.86. The molecule has 0 spiro atoms. The zero-order valence-electron chi connectivity index (χ0n) is 23.0. The van der Waals surface area contributed by atoms with Gasteiger partial charge in [-0.05, 0) is 67.1 Å². The summed E-state index contributed by atoms with van der Waals surface area (Å²) in [4.78, 5) is 32.7. The van der Waals surface area contributed by atoms with Gasteiger partial charge in [-0.2, -0.15) is 0 Å². The van der Waals surface area contributed by atoms with E-state index in [1.807, 2.05) is 43.3 Å². The Morgan fingerprint density at radius 3 is 2.46 bits per heavy atom. The van der Waals surface area contributed by atoms with Crippen molar-refractivity contribution >= 4 is 33.4 Å². The van der Waals surface area contributed by atoms with E-state index in [1.165, 1.54) is 0 Å². The molecule has 0 saturated carbocycles. The van der Waals surface area contributed by atoms with Crippen LogP contribution in [0.15, 0.2) is 41.2 Å². The number of fused-ring (bicyclic) bond motifs is 2. The first-order valence-corrected chi connectivity index (χ1v) is 13.3. The highest BCUT2D eigenvalue weighted by Crippen LogP contribution is 2.35. The van der Waals surface area contributed by atoms with Crippen molar-refractivity contribution in [2.45, 2.75) is 46.0 Å². The van der Waals surface area contributed by atoms with Crippen LogP contribution in [0.25, 0.3) is 21.7 Å². The minimum absolute atomic E-state index is 0.152. The Hall–Kier alpha value is -4.27. The normalized spacial score (nSPS) is 11.1. The predicted octanol–water partition coefficient (Wildman–Crippen LogP) is 4.71. The number of hydrogen-bond acceptors (Lipinski definition) is 7. The number of primary amides is 1. The quantitative estimate of drug-likeness (QED) is 0.213. The number of rotatable bonds is 13. The van der Waals surface area contributed by atoms with Gasteiger partial charge < -0.3 is 30.2 Å². The maximum absolute atomic E-state index is 13.5. The van der Waals surface area contributed by atoms with Crippen LogP contribution < -0.4 is 30.8 Å². The van der Waals surface area contributed by atoms with E-state index in [0.29, 0.717) is 48.9 Å². The molecule has 9 nitrogen and oxygen atoms in total. The number of pyridine rings is 2. The number of nitrogens with one attached hydrogen (secondary N) is 2. The standard InChI is InChI=1S/C30H36N4O5/c1-5-8-25-22-17-27(38-4)26(37-3)16-21(22)23(30(36)34-25)15-19-13-18-14-20(39-6-2)10-11-24(18)33-29(19)32-12-7-9-28(31)35/h10-11,13-14,16-17H,5-9,12,15H2,1-4H3,(H2,31,35)(H,32,33)(H,34,36). The zero-order valence-corrected chi connectivity index (χ0v) is 23.0. The maximum Gasteiger partial charge on any atom is 0.252 e. The van der Waals surface area contributed by atoms with Crippen molar-refractivity contribution in [3.8, 4) is 17.2 Å². The van der Waals surface area contributed by atoms with Gasteiger partial charge in [-0.1, -0.05) is 13.3 Å². The van der Waals surface area contributed by atoms with Gasteiger partial charge in [0.05, 0.1) is 26.3 Å². The van der Waals surface area contributed by atoms with E-state index in [2.05, 4.69) is 17.2 Å². The summed E-state index contributed by atoms with van der Waals surface area (Å²) in [6.07, 6.45) is 2.79. The Kier molecular flexibility index (Phi) is 8.91. The average molecular weight is 533 g/mol. The van der Waals surface area contributed by atoms with Gasteiger partial charge in [0, 0.05) is 41.4 Å². The van der Waals surface area contributed by atoms with Crippen molar-refractivity contribution in [2.24, 2.45) is 5.73 Å². The molecule has 4 aromatic rings. The number of carbonyl (C=O) groups is 1. The number of H-pyrrole nitrogens is 1. The van der Waals surface area contributed by atoms with E-state index in [9.17, 15) is 9.59 Å². The van der Waals surface area contributed by atoms with Crippen LogP contribution in [0.2, 0.25) is 0 Å². The summed E-state index contributed by atoms with van der Waals surface area (Å²) in [7, 11) is 3.18. The van der Waals surface area contributed by atoms with Crippen molar-refractivity contribution < 1.29 is 19.0 Å². The molecule has 0 aliphatic carbocycles. The second-order valence-corrected chi connectivity index (χ2v) is 9.37. The van der Waals surface area contributed by atoms with Crippen LogP contribution in [0.4, 0.5) is 5.82 Å². The summed E-state index contributed by atoms with van der Waals surface area (Å²) in [5.74, 6) is 2.22. The number of hydrogen-bond donors (Lipinski definition) is 3. The molecule has 0 bridgehead atoms. The van der Waals surface area contributed by atoms with Crippen LogP contribution in [0.1, 0.15) is 49.9 Å². The van der Waals surface area contributed by atoms with E-state index in [4.69, 9.17) is 24.9 Å². The van der Waals surface area contributed by atoms with Crippen LogP contribution >= 0.6 is 0 Å². The Bertz CT molecular complexity index is 1550. The number of aromatic nitrogens is 2. The summed E-state index contributed by atoms with van der Waals surface area (Å²) in [5, 5.41) is 5.99. The van der Waals surface area contributed by atoms with Crippen LogP contribution in [-0.4, -0.2) is 43.2 Å². The molecule has 2 heterocycles. The number of ether oxygens (including phenoxy) is 3. The number of nitrogens with two attached hydrogens (primary N) is 1. The largest absolute Gasteiger partial charge is 0.494 e. The summed E-state index contributed by atoms with van der Waals surface area (Å²) < 4.78 is 16.8. The van der Waals surface area contributed by atoms with Gasteiger partial charge >= 0.3 is 0 Å². The third kappa shape index (κ3) is 6.25. The molecule has 1 amide bonds. The molecule has 4 rings (SSSR count). The molecule has 0 atom stereocenters. The highest BCUT2D eigenvalue weighted by Gasteiger charge is 2.18. The molecule has 0 radical (unpaired) electrons. The number of benzene rings is 2. The molecule has 0 aliphatic rings. The smallest absolute Gasteiger partial charge is 0.252 e. The second-order valence-electron chi connectivity index (χ2n) is 9.37. The number of anilines is 1. The first-order valence-electron chi connectivity index (χ1n) is 13.3. The van der Waals surface area contributed by atoms with E-state index >= 15 is 0 Å². The molecule has 2 aromatic heterocycles. The number of carbonyl (C=O) groups excluding carboxylic acids is 1. The average Bonchev–Trinajstić information content (AvgIpc) is 2.92. The topological polar surface area (TPSA) is 129 Å². The Morgan fingerprint density at radius 2 is 1.79 bits per heavy atom. The van der Waals surface area contributed by atoms with Gasteiger partial charge in [0.25, 0.3) is 5.56 Å². The van der Waals surface area contributed by atoms with E-state index in [1.54, 1.807) is 14.2 Å². The molecule has 0 fully saturated rings. The van der Waals surface area contributed by atoms with Gasteiger partial charge in [-0.15, -0.1) is 0 Å². The van der Waals surface area contributed by atoms with Gasteiger partial charge in [0.2, 0.25) is 5.91 Å². The van der Waals surface area contributed by atoms with Crippen LogP contribution in [-0.2, 0) is 17.6 Å². The number of nitrogens with zero attached hydrogens (tertiary/aromatic N) is 1. The molecule has 0 aliphatic heterocycles. The van der Waals surface area contributed by atoms with E-state index in [-0.39, 0.29) is 17.9 Å². The Labute approximate surface area is 227 Å². The minimum atomic E-state index is -0.346. The van der Waals surface area contributed by atoms with Crippen molar-refractivity contribution in [3.63, 3.8) is 0 Å². The predicted molar refractivity (Wildman–Crippen MR) is 154 cm³/mol. The lowest BCUT2D eigenvalue weighted by molar-refractivity contribution is -0.118. The molecule has 39 heavy (non-hydrogen) atoms. The fourth-order valence-electron chi connectivity index (χ4n) is 4.81. The summed E-state index contributed by atoms with van der Waals surface area (Å²) in [6.45, 7) is 5.09. The molecule has 4 N–H and O–H groups in total. The number of methoxy groups -OCH3 is 2. The van der Waals surface area contributed by atoms with Crippen molar-refractivity contribution in [1.82, 2.24) is 9.97 Å². The van der Waals surface area contributed by atoms with E-state index in [0.717, 1.165) is 51.5 Å². The third-order valence-electron chi connectivity index (χ3n) is 6.65. The Morgan fingerprint density at radius 1 is 1.05 bits per heavy atom. The minimum Gasteiger partial charge on any atom is -0.494 e. The fraction of sp³-hybridized carbons (Fsp3) is 0.367. The molecule has 9 heteroatoms. The molecular formula is C30H36N4O5. The van der Waals surface area contributed by atoms with Crippen LogP contribution in [0.5, 0.6) is 17.2 Å². The first-order chi connectivity index (χ1) is 18.9. The highest BCUT2D eigenvalue weighted by atomic mass is 16.5. The van der Waals surface area contributed by atoms with Gasteiger partial charge in [0.15, 0.2) is 11.5 Å². The lowest BCUT2D eigenvalue weighted by Gasteiger charge is -2.17. The van der Waals surface area contributed by atoms with Crippen LogP contribution in [0.3, 0.4) is 0 Å². The summed E-state index contributed by atoms with van der Waals surface area (Å²) >= 11 is 0. The lowest BCUT2D eigenvalue weighted by atomic mass is 9.96. The van der Waals surface area contributed by atoms with Crippen molar-refractivity contribution in [3.05, 3.63) is 63.6 Å². The number of aromatic amines is 1. The molecule has 2 aromatic carbocycles. The summed E-state index contributed by atoms with van der Waals surface area (Å²) in [5.41, 5.74) is 8.27. The molecular weight excluding hydrogens is 496 g/mol.